The molecule has 28 heavy (non-hydrogen) atoms. The predicted octanol–water partition coefficient (Wildman–Crippen LogP) is 3.85. The lowest BCUT2D eigenvalue weighted by atomic mass is 9.70. The average molecular weight is 394 g/mol. The molecule has 0 bridgehead atoms. The molecule has 1 fully saturated rings. The largest absolute Gasteiger partial charge is 0.354 e. The smallest absolute Gasteiger partial charge is 0.222 e. The van der Waals surface area contributed by atoms with Gasteiger partial charge in [-0.1, -0.05) is 35.9 Å². The molecule has 6 heteroatoms. The summed E-state index contributed by atoms with van der Waals surface area (Å²) >= 11 is 6.60. The van der Waals surface area contributed by atoms with Crippen LogP contribution >= 0.6 is 11.6 Å². The van der Waals surface area contributed by atoms with Crippen LogP contribution < -0.4 is 10.6 Å². The molecule has 0 radical (unpaired) electrons. The molecule has 0 spiro atoms. The van der Waals surface area contributed by atoms with Crippen LogP contribution in [-0.4, -0.2) is 34.6 Å². The first-order valence-electron chi connectivity index (χ1n) is 9.71. The molecule has 1 aromatic carbocycles. The van der Waals surface area contributed by atoms with E-state index < -0.39 is 0 Å². The predicted molar refractivity (Wildman–Crippen MR) is 113 cm³/mol. The van der Waals surface area contributed by atoms with Crippen molar-refractivity contribution in [2.45, 2.75) is 24.7 Å². The van der Waals surface area contributed by atoms with Crippen molar-refractivity contribution in [3.63, 3.8) is 0 Å². The number of pyridine rings is 1. The zero-order valence-electron chi connectivity index (χ0n) is 15.7. The second kappa shape index (κ2) is 8.67. The number of hydrogen-bond acceptors (Lipinski definition) is 5. The van der Waals surface area contributed by atoms with Crippen molar-refractivity contribution in [3.8, 4) is 0 Å². The summed E-state index contributed by atoms with van der Waals surface area (Å²) in [4.78, 5) is 13.7. The lowest BCUT2D eigenvalue weighted by Crippen LogP contribution is -2.41. The van der Waals surface area contributed by atoms with Crippen molar-refractivity contribution in [1.29, 1.82) is 0 Å². The fourth-order valence-electron chi connectivity index (χ4n) is 3.93. The van der Waals surface area contributed by atoms with Gasteiger partial charge in [0.2, 0.25) is 5.95 Å². The van der Waals surface area contributed by atoms with Gasteiger partial charge < -0.3 is 10.6 Å². The maximum absolute atomic E-state index is 6.60. The van der Waals surface area contributed by atoms with Gasteiger partial charge in [0.15, 0.2) is 0 Å². The lowest BCUT2D eigenvalue weighted by Gasteiger charge is -2.38. The third kappa shape index (κ3) is 4.01. The van der Waals surface area contributed by atoms with Crippen LogP contribution in [0.15, 0.2) is 60.9 Å². The van der Waals surface area contributed by atoms with Crippen molar-refractivity contribution in [2.24, 2.45) is 0 Å². The molecule has 0 saturated carbocycles. The minimum Gasteiger partial charge on any atom is -0.354 e. The van der Waals surface area contributed by atoms with Crippen LogP contribution in [-0.2, 0) is 11.8 Å². The number of anilines is 1. The number of aromatic nitrogens is 3. The van der Waals surface area contributed by atoms with Crippen LogP contribution in [0, 0.1) is 0 Å². The molecule has 1 aliphatic heterocycles. The van der Waals surface area contributed by atoms with Crippen LogP contribution in [0.25, 0.3) is 0 Å². The fraction of sp³-hybridized carbons (Fsp3) is 0.318. The summed E-state index contributed by atoms with van der Waals surface area (Å²) in [7, 11) is 0. The number of halogens is 1. The van der Waals surface area contributed by atoms with Crippen LogP contribution in [0.3, 0.4) is 0 Å². The molecule has 3 heterocycles. The number of nitrogens with zero attached hydrogens (tertiary/aromatic N) is 3. The zero-order chi connectivity index (χ0) is 19.2. The Morgan fingerprint density at radius 1 is 0.964 bits per heavy atom. The van der Waals surface area contributed by atoms with Gasteiger partial charge in [-0.2, -0.15) is 0 Å². The Balaban J connectivity index is 1.58. The molecule has 1 saturated heterocycles. The molecule has 4 rings (SSSR count). The minimum atomic E-state index is -0.191. The topological polar surface area (TPSA) is 62.7 Å². The maximum atomic E-state index is 6.60. The van der Waals surface area contributed by atoms with Crippen molar-refractivity contribution < 1.29 is 0 Å². The van der Waals surface area contributed by atoms with E-state index in [-0.39, 0.29) is 5.41 Å². The molecular formula is C22H24ClN5. The first-order valence-corrected chi connectivity index (χ1v) is 10.1. The van der Waals surface area contributed by atoms with Gasteiger partial charge >= 0.3 is 0 Å². The lowest BCUT2D eigenvalue weighted by molar-refractivity contribution is 0.354. The molecule has 2 N–H and O–H groups in total. The van der Waals surface area contributed by atoms with Gasteiger partial charge in [0, 0.05) is 41.5 Å². The molecule has 0 aliphatic carbocycles. The number of nitrogens with one attached hydrogen (secondary N) is 2. The fourth-order valence-corrected chi connectivity index (χ4v) is 4.24. The summed E-state index contributed by atoms with van der Waals surface area (Å²) in [6.45, 7) is 2.62. The van der Waals surface area contributed by atoms with E-state index in [4.69, 9.17) is 16.6 Å². The molecule has 0 atom stereocenters. The maximum Gasteiger partial charge on any atom is 0.222 e. The molecule has 144 valence electrons. The standard InChI is InChI=1S/C22H24ClN5/c23-19-7-2-1-6-18(19)22(10-15-24-16-11-22)20-9-14-27-21(28-20)26-13-8-17-5-3-4-12-25-17/h1-7,9,12,14,24H,8,10-11,13,15-16H2,(H,26,27,28). The van der Waals surface area contributed by atoms with E-state index in [0.29, 0.717) is 5.95 Å². The van der Waals surface area contributed by atoms with E-state index in [9.17, 15) is 0 Å². The SMILES string of the molecule is Clc1ccccc1C1(c2ccnc(NCCc3ccccn3)n2)CCNCC1. The molecule has 2 aromatic heterocycles. The van der Waals surface area contributed by atoms with E-state index in [1.54, 1.807) is 0 Å². The molecule has 0 unspecified atom stereocenters. The Morgan fingerprint density at radius 2 is 1.79 bits per heavy atom. The van der Waals surface area contributed by atoms with Crippen LogP contribution in [0.1, 0.15) is 29.8 Å². The molecule has 5 nitrogen and oxygen atoms in total. The zero-order valence-corrected chi connectivity index (χ0v) is 16.5. The Kier molecular flexibility index (Phi) is 5.84. The summed E-state index contributed by atoms with van der Waals surface area (Å²) < 4.78 is 0. The summed E-state index contributed by atoms with van der Waals surface area (Å²) in [6, 6.07) is 16.1. The third-order valence-corrected chi connectivity index (χ3v) is 5.71. The van der Waals surface area contributed by atoms with Crippen molar-refractivity contribution in [2.75, 3.05) is 25.0 Å². The third-order valence-electron chi connectivity index (χ3n) is 5.38. The monoisotopic (exact) mass is 393 g/mol. The summed E-state index contributed by atoms with van der Waals surface area (Å²) in [5, 5.41) is 7.60. The van der Waals surface area contributed by atoms with Gasteiger partial charge in [-0.05, 0) is 55.8 Å². The highest BCUT2D eigenvalue weighted by Crippen LogP contribution is 2.42. The number of hydrogen-bond donors (Lipinski definition) is 2. The first-order chi connectivity index (χ1) is 13.8. The van der Waals surface area contributed by atoms with E-state index in [0.717, 1.165) is 60.9 Å². The van der Waals surface area contributed by atoms with Gasteiger partial charge in [0.05, 0.1) is 5.69 Å². The minimum absolute atomic E-state index is 0.191. The van der Waals surface area contributed by atoms with Crippen LogP contribution in [0.4, 0.5) is 5.95 Å². The number of benzene rings is 1. The Morgan fingerprint density at radius 3 is 2.57 bits per heavy atom. The van der Waals surface area contributed by atoms with Gasteiger partial charge in [0.1, 0.15) is 0 Å². The van der Waals surface area contributed by atoms with Gasteiger partial charge in [0.25, 0.3) is 0 Å². The molecule has 1 aliphatic rings. The van der Waals surface area contributed by atoms with E-state index >= 15 is 0 Å². The van der Waals surface area contributed by atoms with Crippen molar-refractivity contribution in [1.82, 2.24) is 20.3 Å². The summed E-state index contributed by atoms with van der Waals surface area (Å²) in [5.74, 6) is 0.651. The van der Waals surface area contributed by atoms with Crippen LogP contribution in [0.5, 0.6) is 0 Å². The van der Waals surface area contributed by atoms with Gasteiger partial charge in [-0.25, -0.2) is 9.97 Å². The quantitative estimate of drug-likeness (QED) is 0.666. The van der Waals surface area contributed by atoms with E-state index in [1.807, 2.05) is 48.8 Å². The number of piperidine rings is 1. The molecular weight excluding hydrogens is 370 g/mol. The first kappa shape index (κ1) is 18.8. The molecule has 3 aromatic rings. The van der Waals surface area contributed by atoms with Crippen molar-refractivity contribution >= 4 is 17.5 Å². The van der Waals surface area contributed by atoms with Crippen LogP contribution in [0.2, 0.25) is 5.02 Å². The normalized spacial score (nSPS) is 15.9. The van der Waals surface area contributed by atoms with Gasteiger partial charge in [-0.3, -0.25) is 4.98 Å². The number of rotatable bonds is 6. The second-order valence-electron chi connectivity index (χ2n) is 7.08. The highest BCUT2D eigenvalue weighted by molar-refractivity contribution is 6.31. The van der Waals surface area contributed by atoms with Crippen molar-refractivity contribution in [3.05, 3.63) is 82.9 Å². The summed E-state index contributed by atoms with van der Waals surface area (Å²) in [5.41, 5.74) is 3.04. The highest BCUT2D eigenvalue weighted by Gasteiger charge is 2.38. The average Bonchev–Trinajstić information content (AvgIpc) is 2.76. The Hall–Kier alpha value is -2.50. The second-order valence-corrected chi connectivity index (χ2v) is 7.48. The Bertz CT molecular complexity index is 910. The van der Waals surface area contributed by atoms with Gasteiger partial charge in [-0.15, -0.1) is 0 Å². The summed E-state index contributed by atoms with van der Waals surface area (Å²) in [6.07, 6.45) is 6.40. The Labute approximate surface area is 170 Å². The molecule has 0 amide bonds. The highest BCUT2D eigenvalue weighted by atomic mass is 35.5. The van der Waals surface area contributed by atoms with E-state index in [2.05, 4.69) is 32.7 Å². The van der Waals surface area contributed by atoms with E-state index in [1.165, 1.54) is 0 Å².